The second kappa shape index (κ2) is 6.95. The molecule has 2 aliphatic heterocycles. The number of piperazine rings is 1. The van der Waals surface area contributed by atoms with E-state index in [1.54, 1.807) is 0 Å². The molecule has 2 heterocycles. The molecule has 1 saturated carbocycles. The van der Waals surface area contributed by atoms with Crippen molar-refractivity contribution in [3.05, 3.63) is 23.8 Å². The lowest BCUT2D eigenvalue weighted by molar-refractivity contribution is -0.146. The number of benzene rings is 1. The van der Waals surface area contributed by atoms with Gasteiger partial charge in [-0.1, -0.05) is 6.07 Å². The number of ether oxygens (including phenoxy) is 2. The zero-order valence-electron chi connectivity index (χ0n) is 16.9. The number of hydrogen-bond donors (Lipinski definition) is 1. The lowest BCUT2D eigenvalue weighted by atomic mass is 10.0. The lowest BCUT2D eigenvalue weighted by Crippen LogP contribution is -2.54. The van der Waals surface area contributed by atoms with Gasteiger partial charge in [-0.15, -0.1) is 0 Å². The van der Waals surface area contributed by atoms with Gasteiger partial charge in [0.25, 0.3) is 0 Å². The van der Waals surface area contributed by atoms with Crippen LogP contribution in [-0.4, -0.2) is 60.1 Å². The van der Waals surface area contributed by atoms with E-state index in [-0.39, 0.29) is 24.1 Å². The average Bonchev–Trinajstić information content (AvgIpc) is 3.33. The van der Waals surface area contributed by atoms with Crippen LogP contribution in [0.25, 0.3) is 0 Å². The highest BCUT2D eigenvalue weighted by molar-refractivity contribution is 6.08. The van der Waals surface area contributed by atoms with Crippen molar-refractivity contribution in [3.63, 3.8) is 0 Å². The highest BCUT2D eigenvalue weighted by atomic mass is 16.7. The van der Waals surface area contributed by atoms with Crippen LogP contribution in [0.5, 0.6) is 11.5 Å². The van der Waals surface area contributed by atoms with E-state index in [4.69, 9.17) is 9.47 Å². The lowest BCUT2D eigenvalue weighted by Gasteiger charge is -2.36. The van der Waals surface area contributed by atoms with Crippen molar-refractivity contribution in [2.45, 2.75) is 45.7 Å². The summed E-state index contributed by atoms with van der Waals surface area (Å²) in [6.45, 7) is 9.86. The van der Waals surface area contributed by atoms with E-state index < -0.39 is 5.41 Å². The van der Waals surface area contributed by atoms with Gasteiger partial charge in [-0.05, 0) is 51.3 Å². The van der Waals surface area contributed by atoms with Gasteiger partial charge in [-0.3, -0.25) is 14.5 Å². The number of carbonyl (C=O) groups is 2. The molecule has 1 aromatic rings. The minimum absolute atomic E-state index is 0.00280. The normalized spacial score (nSPS) is 20.8. The molecule has 2 fully saturated rings. The van der Waals surface area contributed by atoms with Gasteiger partial charge in [0.15, 0.2) is 11.5 Å². The van der Waals surface area contributed by atoms with Crippen molar-refractivity contribution in [1.82, 2.24) is 15.1 Å². The third-order valence-electron chi connectivity index (χ3n) is 5.59. The zero-order valence-corrected chi connectivity index (χ0v) is 16.9. The van der Waals surface area contributed by atoms with Crippen LogP contribution in [0.4, 0.5) is 0 Å². The predicted octanol–water partition coefficient (Wildman–Crippen LogP) is 1.75. The summed E-state index contributed by atoms with van der Waals surface area (Å²) in [6.07, 6.45) is 1.32. The molecule has 7 heteroatoms. The predicted molar refractivity (Wildman–Crippen MR) is 104 cm³/mol. The molecule has 0 spiro atoms. The van der Waals surface area contributed by atoms with Crippen molar-refractivity contribution >= 4 is 11.8 Å². The SMILES string of the molecule is CC(C)(C)NC(=O)C1(C(=O)N2CCN(Cc3ccc4c(c3)OCO4)CC2)CC1. The fourth-order valence-corrected chi connectivity index (χ4v) is 3.83. The summed E-state index contributed by atoms with van der Waals surface area (Å²) in [7, 11) is 0. The van der Waals surface area contributed by atoms with Crippen LogP contribution in [-0.2, 0) is 16.1 Å². The van der Waals surface area contributed by atoms with E-state index >= 15 is 0 Å². The molecule has 0 aromatic heterocycles. The van der Waals surface area contributed by atoms with Gasteiger partial charge in [-0.25, -0.2) is 0 Å². The Labute approximate surface area is 166 Å². The summed E-state index contributed by atoms with van der Waals surface area (Å²) in [6, 6.07) is 6.03. The van der Waals surface area contributed by atoms with Crippen molar-refractivity contribution in [3.8, 4) is 11.5 Å². The van der Waals surface area contributed by atoms with Crippen LogP contribution in [0.1, 0.15) is 39.2 Å². The minimum atomic E-state index is -0.827. The summed E-state index contributed by atoms with van der Waals surface area (Å²) in [5, 5.41) is 2.98. The molecule has 1 saturated heterocycles. The third kappa shape index (κ3) is 3.81. The Kier molecular flexibility index (Phi) is 4.73. The van der Waals surface area contributed by atoms with Crippen LogP contribution in [0, 0.1) is 5.41 Å². The van der Waals surface area contributed by atoms with E-state index in [9.17, 15) is 9.59 Å². The molecule has 0 bridgehead atoms. The fourth-order valence-electron chi connectivity index (χ4n) is 3.83. The second-order valence-corrected chi connectivity index (χ2v) is 9.04. The highest BCUT2D eigenvalue weighted by Crippen LogP contribution is 2.48. The Hall–Kier alpha value is -2.28. The molecule has 1 aliphatic carbocycles. The first-order valence-corrected chi connectivity index (χ1v) is 10.00. The first kappa shape index (κ1) is 19.1. The molecule has 7 nitrogen and oxygen atoms in total. The molecule has 0 unspecified atom stereocenters. The van der Waals surface area contributed by atoms with Gasteiger partial charge in [0.1, 0.15) is 5.41 Å². The van der Waals surface area contributed by atoms with E-state index in [2.05, 4.69) is 16.3 Å². The largest absolute Gasteiger partial charge is 0.454 e. The maximum absolute atomic E-state index is 13.0. The van der Waals surface area contributed by atoms with Crippen molar-refractivity contribution < 1.29 is 19.1 Å². The van der Waals surface area contributed by atoms with Crippen LogP contribution in [0.3, 0.4) is 0 Å². The summed E-state index contributed by atoms with van der Waals surface area (Å²) >= 11 is 0. The highest BCUT2D eigenvalue weighted by Gasteiger charge is 2.58. The smallest absolute Gasteiger partial charge is 0.238 e. The van der Waals surface area contributed by atoms with Crippen LogP contribution >= 0.6 is 0 Å². The summed E-state index contributed by atoms with van der Waals surface area (Å²) in [4.78, 5) is 29.8. The van der Waals surface area contributed by atoms with E-state index in [0.717, 1.165) is 31.1 Å². The van der Waals surface area contributed by atoms with Crippen LogP contribution in [0.2, 0.25) is 0 Å². The summed E-state index contributed by atoms with van der Waals surface area (Å²) in [5.74, 6) is 1.47. The molecular weight excluding hydrogens is 358 g/mol. The Morgan fingerprint density at radius 1 is 1.07 bits per heavy atom. The summed E-state index contributed by atoms with van der Waals surface area (Å²) in [5.41, 5.74) is 0.0236. The molecule has 3 aliphatic rings. The van der Waals surface area contributed by atoms with Gasteiger partial charge < -0.3 is 19.7 Å². The molecule has 1 N–H and O–H groups in total. The molecule has 152 valence electrons. The number of fused-ring (bicyclic) bond motifs is 1. The van der Waals surface area contributed by atoms with Gasteiger partial charge in [0.05, 0.1) is 0 Å². The zero-order chi connectivity index (χ0) is 19.9. The maximum Gasteiger partial charge on any atom is 0.238 e. The van der Waals surface area contributed by atoms with Gasteiger partial charge >= 0.3 is 0 Å². The maximum atomic E-state index is 13.0. The van der Waals surface area contributed by atoms with Gasteiger partial charge in [-0.2, -0.15) is 0 Å². The van der Waals surface area contributed by atoms with Crippen LogP contribution < -0.4 is 14.8 Å². The van der Waals surface area contributed by atoms with Gasteiger partial charge in [0.2, 0.25) is 18.6 Å². The molecule has 0 atom stereocenters. The first-order valence-electron chi connectivity index (χ1n) is 10.00. The van der Waals surface area contributed by atoms with E-state index in [1.807, 2.05) is 37.8 Å². The Morgan fingerprint density at radius 2 is 1.75 bits per heavy atom. The average molecular weight is 387 g/mol. The third-order valence-corrected chi connectivity index (χ3v) is 5.59. The Balaban J connectivity index is 1.31. The summed E-state index contributed by atoms with van der Waals surface area (Å²) < 4.78 is 10.8. The number of hydrogen-bond acceptors (Lipinski definition) is 5. The standard InChI is InChI=1S/C21H29N3O4/c1-20(2,3)22-18(25)21(6-7-21)19(26)24-10-8-23(9-11-24)13-15-4-5-16-17(12-15)28-14-27-16/h4-5,12H,6-11,13-14H2,1-3H3,(H,22,25). The number of nitrogens with zero attached hydrogens (tertiary/aromatic N) is 2. The second-order valence-electron chi connectivity index (χ2n) is 9.04. The van der Waals surface area contributed by atoms with Crippen molar-refractivity contribution in [2.75, 3.05) is 33.0 Å². The topological polar surface area (TPSA) is 71.1 Å². The van der Waals surface area contributed by atoms with E-state index in [1.165, 1.54) is 5.56 Å². The quantitative estimate of drug-likeness (QED) is 0.797. The molecule has 2 amide bonds. The first-order chi connectivity index (χ1) is 13.3. The number of rotatable bonds is 4. The Morgan fingerprint density at radius 3 is 2.39 bits per heavy atom. The molecule has 4 rings (SSSR count). The fraction of sp³-hybridized carbons (Fsp3) is 0.619. The monoisotopic (exact) mass is 387 g/mol. The molecule has 1 aromatic carbocycles. The van der Waals surface area contributed by atoms with E-state index in [0.29, 0.717) is 25.9 Å². The van der Waals surface area contributed by atoms with Crippen molar-refractivity contribution in [1.29, 1.82) is 0 Å². The number of carbonyl (C=O) groups excluding carboxylic acids is 2. The van der Waals surface area contributed by atoms with Crippen molar-refractivity contribution in [2.24, 2.45) is 5.41 Å². The molecule has 28 heavy (non-hydrogen) atoms. The molecular formula is C21H29N3O4. The Bertz CT molecular complexity index is 774. The molecule has 0 radical (unpaired) electrons. The van der Waals surface area contributed by atoms with Gasteiger partial charge in [0, 0.05) is 38.3 Å². The number of nitrogens with one attached hydrogen (secondary N) is 1. The minimum Gasteiger partial charge on any atom is -0.454 e. The number of amides is 2. The van der Waals surface area contributed by atoms with Crippen LogP contribution in [0.15, 0.2) is 18.2 Å².